The summed E-state index contributed by atoms with van der Waals surface area (Å²) >= 11 is 0. The van der Waals surface area contributed by atoms with Crippen molar-refractivity contribution >= 4 is 5.78 Å². The summed E-state index contributed by atoms with van der Waals surface area (Å²) in [6, 6.07) is 5.71. The van der Waals surface area contributed by atoms with Gasteiger partial charge in [-0.25, -0.2) is 0 Å². The topological polar surface area (TPSA) is 38.3 Å². The number of ether oxygens (including phenoxy) is 1. The van der Waals surface area contributed by atoms with Crippen molar-refractivity contribution < 1.29 is 9.53 Å². The van der Waals surface area contributed by atoms with E-state index in [1.807, 2.05) is 25.1 Å². The van der Waals surface area contributed by atoms with Gasteiger partial charge in [-0.3, -0.25) is 4.79 Å². The number of hydrogen-bond acceptors (Lipinski definition) is 3. The Morgan fingerprint density at radius 1 is 1.39 bits per heavy atom. The van der Waals surface area contributed by atoms with Crippen LogP contribution in [0.5, 0.6) is 5.75 Å². The highest BCUT2D eigenvalue weighted by Gasteiger charge is 2.13. The Labute approximate surface area is 109 Å². The van der Waals surface area contributed by atoms with Crippen LogP contribution in [0.25, 0.3) is 0 Å². The molecule has 0 amide bonds. The van der Waals surface area contributed by atoms with Gasteiger partial charge >= 0.3 is 0 Å². The van der Waals surface area contributed by atoms with Gasteiger partial charge in [-0.15, -0.1) is 0 Å². The van der Waals surface area contributed by atoms with E-state index >= 15 is 0 Å². The van der Waals surface area contributed by atoms with Gasteiger partial charge in [-0.1, -0.05) is 0 Å². The molecule has 1 fully saturated rings. The molecule has 1 aliphatic heterocycles. The second-order valence-electron chi connectivity index (χ2n) is 5.04. The van der Waals surface area contributed by atoms with Crippen LogP contribution in [0.15, 0.2) is 18.2 Å². The van der Waals surface area contributed by atoms with Gasteiger partial charge in [0.1, 0.15) is 5.75 Å². The number of carbonyl (C=O) groups excluding carboxylic acids is 1. The number of carbonyl (C=O) groups is 1. The minimum atomic E-state index is 0.109. The van der Waals surface area contributed by atoms with Crippen molar-refractivity contribution in [1.29, 1.82) is 0 Å². The second kappa shape index (κ2) is 6.01. The van der Waals surface area contributed by atoms with E-state index in [1.54, 1.807) is 6.92 Å². The molecule has 1 N–H and O–H groups in total. The minimum absolute atomic E-state index is 0.109. The molecule has 98 valence electrons. The largest absolute Gasteiger partial charge is 0.493 e. The van der Waals surface area contributed by atoms with Crippen LogP contribution in [0.3, 0.4) is 0 Å². The Morgan fingerprint density at radius 3 is 2.72 bits per heavy atom. The van der Waals surface area contributed by atoms with E-state index in [1.165, 1.54) is 12.8 Å². The third-order valence-electron chi connectivity index (χ3n) is 3.52. The van der Waals surface area contributed by atoms with E-state index in [2.05, 4.69) is 5.32 Å². The number of aryl methyl sites for hydroxylation is 1. The van der Waals surface area contributed by atoms with E-state index in [9.17, 15) is 4.79 Å². The van der Waals surface area contributed by atoms with Gasteiger partial charge in [-0.2, -0.15) is 0 Å². The Hall–Kier alpha value is -1.35. The van der Waals surface area contributed by atoms with Gasteiger partial charge in [0.2, 0.25) is 0 Å². The number of nitrogens with one attached hydrogen (secondary N) is 1. The third-order valence-corrected chi connectivity index (χ3v) is 3.52. The van der Waals surface area contributed by atoms with E-state index in [4.69, 9.17) is 4.74 Å². The first-order valence-electron chi connectivity index (χ1n) is 6.62. The molecule has 0 aliphatic carbocycles. The highest BCUT2D eigenvalue weighted by molar-refractivity contribution is 5.95. The molecule has 0 atom stereocenters. The molecule has 0 aromatic heterocycles. The van der Waals surface area contributed by atoms with E-state index in [0.29, 0.717) is 5.92 Å². The van der Waals surface area contributed by atoms with E-state index in [0.717, 1.165) is 36.6 Å². The lowest BCUT2D eigenvalue weighted by atomic mass is 9.99. The maximum absolute atomic E-state index is 11.3. The van der Waals surface area contributed by atoms with Crippen molar-refractivity contribution in [2.45, 2.75) is 26.7 Å². The summed E-state index contributed by atoms with van der Waals surface area (Å²) in [5, 5.41) is 3.35. The van der Waals surface area contributed by atoms with Crippen molar-refractivity contribution in [1.82, 2.24) is 5.32 Å². The first-order chi connectivity index (χ1) is 8.66. The molecule has 2 rings (SSSR count). The van der Waals surface area contributed by atoms with Gasteiger partial charge in [0, 0.05) is 5.56 Å². The molecule has 0 bridgehead atoms. The van der Waals surface area contributed by atoms with Crippen LogP contribution in [-0.2, 0) is 0 Å². The molecule has 1 heterocycles. The van der Waals surface area contributed by atoms with Crippen LogP contribution < -0.4 is 10.1 Å². The highest BCUT2D eigenvalue weighted by atomic mass is 16.5. The fraction of sp³-hybridized carbons (Fsp3) is 0.533. The molecule has 1 aromatic rings. The summed E-state index contributed by atoms with van der Waals surface area (Å²) in [5.74, 6) is 1.63. The van der Waals surface area contributed by atoms with Gasteiger partial charge in [-0.05, 0) is 69.5 Å². The highest BCUT2D eigenvalue weighted by Crippen LogP contribution is 2.20. The quantitative estimate of drug-likeness (QED) is 0.831. The average molecular weight is 247 g/mol. The number of rotatable bonds is 4. The number of Topliss-reactive ketones (excluding diaryl/α,β-unsaturated/α-hetero) is 1. The maximum atomic E-state index is 11.3. The molecule has 1 aliphatic rings. The van der Waals surface area contributed by atoms with Gasteiger partial charge in [0.25, 0.3) is 0 Å². The summed E-state index contributed by atoms with van der Waals surface area (Å²) < 4.78 is 5.82. The summed E-state index contributed by atoms with van der Waals surface area (Å²) in [6.07, 6.45) is 2.37. The summed E-state index contributed by atoms with van der Waals surface area (Å²) in [5.41, 5.74) is 1.77. The van der Waals surface area contributed by atoms with Crippen molar-refractivity contribution in [3.8, 4) is 5.75 Å². The van der Waals surface area contributed by atoms with Crippen LogP contribution >= 0.6 is 0 Å². The molecule has 0 saturated carbocycles. The van der Waals surface area contributed by atoms with Crippen LogP contribution in [0.2, 0.25) is 0 Å². The first kappa shape index (κ1) is 13.1. The maximum Gasteiger partial charge on any atom is 0.160 e. The fourth-order valence-electron chi connectivity index (χ4n) is 2.38. The summed E-state index contributed by atoms with van der Waals surface area (Å²) in [6.45, 7) is 6.51. The monoisotopic (exact) mass is 247 g/mol. The average Bonchev–Trinajstić information content (AvgIpc) is 2.37. The van der Waals surface area contributed by atoms with Gasteiger partial charge in [0.15, 0.2) is 5.78 Å². The summed E-state index contributed by atoms with van der Waals surface area (Å²) in [4.78, 5) is 11.3. The molecule has 0 radical (unpaired) electrons. The van der Waals surface area contributed by atoms with Crippen molar-refractivity contribution in [3.05, 3.63) is 29.3 Å². The zero-order valence-corrected chi connectivity index (χ0v) is 11.2. The van der Waals surface area contributed by atoms with Crippen molar-refractivity contribution in [2.75, 3.05) is 19.7 Å². The smallest absolute Gasteiger partial charge is 0.160 e. The Balaban J connectivity index is 1.93. The lowest BCUT2D eigenvalue weighted by Gasteiger charge is -2.22. The van der Waals surface area contributed by atoms with Crippen molar-refractivity contribution in [2.24, 2.45) is 5.92 Å². The number of benzene rings is 1. The predicted molar refractivity (Wildman–Crippen MR) is 72.3 cm³/mol. The lowest BCUT2D eigenvalue weighted by molar-refractivity contribution is 0.101. The molecule has 1 saturated heterocycles. The minimum Gasteiger partial charge on any atom is -0.493 e. The van der Waals surface area contributed by atoms with Crippen molar-refractivity contribution in [3.63, 3.8) is 0 Å². The fourth-order valence-corrected chi connectivity index (χ4v) is 2.38. The molecule has 0 spiro atoms. The molecule has 18 heavy (non-hydrogen) atoms. The Bertz CT molecular complexity index is 423. The molecule has 0 unspecified atom stereocenters. The predicted octanol–water partition coefficient (Wildman–Crippen LogP) is 2.58. The van der Waals surface area contributed by atoms with Crippen LogP contribution in [0.4, 0.5) is 0 Å². The van der Waals surface area contributed by atoms with Crippen LogP contribution in [0.1, 0.15) is 35.7 Å². The van der Waals surface area contributed by atoms with E-state index < -0.39 is 0 Å². The van der Waals surface area contributed by atoms with E-state index in [-0.39, 0.29) is 5.78 Å². The van der Waals surface area contributed by atoms with Crippen LogP contribution in [-0.4, -0.2) is 25.5 Å². The second-order valence-corrected chi connectivity index (χ2v) is 5.04. The standard InChI is InChI=1S/C15H21NO2/c1-11-9-14(3-4-15(11)12(2)17)18-10-13-5-7-16-8-6-13/h3-4,9,13,16H,5-8,10H2,1-2H3. The molecular weight excluding hydrogens is 226 g/mol. The lowest BCUT2D eigenvalue weighted by Crippen LogP contribution is -2.30. The zero-order chi connectivity index (χ0) is 13.0. The Kier molecular flexibility index (Phi) is 4.37. The molecule has 3 nitrogen and oxygen atoms in total. The molecule has 3 heteroatoms. The SMILES string of the molecule is CC(=O)c1ccc(OCC2CCNCC2)cc1C. The summed E-state index contributed by atoms with van der Waals surface area (Å²) in [7, 11) is 0. The zero-order valence-electron chi connectivity index (χ0n) is 11.2. The normalized spacial score (nSPS) is 16.6. The van der Waals surface area contributed by atoms with Gasteiger partial charge in [0.05, 0.1) is 6.61 Å². The van der Waals surface area contributed by atoms with Gasteiger partial charge < -0.3 is 10.1 Å². The number of hydrogen-bond donors (Lipinski definition) is 1. The first-order valence-corrected chi connectivity index (χ1v) is 6.62. The third kappa shape index (κ3) is 3.33. The molecular formula is C15H21NO2. The number of ketones is 1. The van der Waals surface area contributed by atoms with Crippen LogP contribution in [0, 0.1) is 12.8 Å². The Morgan fingerprint density at radius 2 is 2.11 bits per heavy atom. The number of piperidine rings is 1. The molecule has 1 aromatic carbocycles.